The van der Waals surface area contributed by atoms with E-state index in [0.29, 0.717) is 27.9 Å². The van der Waals surface area contributed by atoms with Gasteiger partial charge >= 0.3 is 5.97 Å². The Kier molecular flexibility index (Phi) is 5.38. The zero-order valence-corrected chi connectivity index (χ0v) is 15.1. The Hall–Kier alpha value is -2.34. The summed E-state index contributed by atoms with van der Waals surface area (Å²) in [6.45, 7) is 3.88. The summed E-state index contributed by atoms with van der Waals surface area (Å²) in [5, 5.41) is 3.70. The summed E-state index contributed by atoms with van der Waals surface area (Å²) in [6, 6.07) is 6.87. The van der Waals surface area contributed by atoms with E-state index in [9.17, 15) is 4.79 Å². The predicted molar refractivity (Wildman–Crippen MR) is 98.9 cm³/mol. The molecule has 1 aromatic heterocycles. The number of hydrogen-bond acceptors (Lipinski definition) is 6. The molecule has 1 aliphatic rings. The number of carbonyl (C=O) groups is 1. The second-order valence-electron chi connectivity index (χ2n) is 6.02. The van der Waals surface area contributed by atoms with E-state index in [2.05, 4.69) is 20.2 Å². The summed E-state index contributed by atoms with van der Waals surface area (Å²) >= 11 is 6.25. The maximum atomic E-state index is 11.7. The highest BCUT2D eigenvalue weighted by Crippen LogP contribution is 2.28. The molecule has 3 rings (SSSR count). The van der Waals surface area contributed by atoms with Gasteiger partial charge in [-0.05, 0) is 44.4 Å². The van der Waals surface area contributed by atoms with E-state index < -0.39 is 5.97 Å². The van der Waals surface area contributed by atoms with Gasteiger partial charge in [0.05, 0.1) is 23.4 Å². The van der Waals surface area contributed by atoms with Crippen LogP contribution in [0.5, 0.6) is 0 Å². The fraction of sp³-hybridized carbons (Fsp3) is 0.389. The number of benzene rings is 1. The van der Waals surface area contributed by atoms with Crippen LogP contribution in [0, 0.1) is 6.92 Å². The van der Waals surface area contributed by atoms with Crippen LogP contribution in [0.3, 0.4) is 0 Å². The van der Waals surface area contributed by atoms with Crippen molar-refractivity contribution in [3.63, 3.8) is 0 Å². The third-order valence-corrected chi connectivity index (χ3v) is 4.48. The van der Waals surface area contributed by atoms with Crippen molar-refractivity contribution in [1.29, 1.82) is 0 Å². The SMILES string of the molecule is COC(=O)c1ccc(Cl)c(Nc2cc(N3CCCCC3)nc(C)n2)c1. The highest BCUT2D eigenvalue weighted by molar-refractivity contribution is 6.33. The van der Waals surface area contributed by atoms with Gasteiger partial charge in [0.15, 0.2) is 0 Å². The lowest BCUT2D eigenvalue weighted by atomic mass is 10.1. The molecule has 1 saturated heterocycles. The fourth-order valence-electron chi connectivity index (χ4n) is 2.90. The van der Waals surface area contributed by atoms with Crippen LogP contribution < -0.4 is 10.2 Å². The van der Waals surface area contributed by atoms with Gasteiger partial charge in [0, 0.05) is 19.2 Å². The van der Waals surface area contributed by atoms with Crippen molar-refractivity contribution >= 4 is 34.9 Å². The van der Waals surface area contributed by atoms with Crippen LogP contribution in [-0.2, 0) is 4.74 Å². The van der Waals surface area contributed by atoms with E-state index in [1.54, 1.807) is 18.2 Å². The third-order valence-electron chi connectivity index (χ3n) is 4.15. The molecule has 0 spiro atoms. The summed E-state index contributed by atoms with van der Waals surface area (Å²) in [5.41, 5.74) is 1.03. The molecule has 2 aromatic rings. The number of hydrogen-bond donors (Lipinski definition) is 1. The average Bonchev–Trinajstić information content (AvgIpc) is 2.63. The Morgan fingerprint density at radius 1 is 1.20 bits per heavy atom. The molecule has 0 amide bonds. The Bertz CT molecular complexity index is 776. The first-order valence-electron chi connectivity index (χ1n) is 8.32. The smallest absolute Gasteiger partial charge is 0.337 e. The minimum Gasteiger partial charge on any atom is -0.465 e. The zero-order valence-electron chi connectivity index (χ0n) is 14.4. The van der Waals surface area contributed by atoms with Crippen LogP contribution in [0.4, 0.5) is 17.3 Å². The van der Waals surface area contributed by atoms with Gasteiger partial charge in [0.1, 0.15) is 17.5 Å². The minimum absolute atomic E-state index is 0.410. The topological polar surface area (TPSA) is 67.3 Å². The summed E-state index contributed by atoms with van der Waals surface area (Å²) in [4.78, 5) is 23.0. The van der Waals surface area contributed by atoms with Crippen molar-refractivity contribution in [3.8, 4) is 0 Å². The summed E-state index contributed by atoms with van der Waals surface area (Å²) in [7, 11) is 1.35. The zero-order chi connectivity index (χ0) is 17.8. The molecule has 25 heavy (non-hydrogen) atoms. The number of rotatable bonds is 4. The molecule has 1 aliphatic heterocycles. The number of esters is 1. The van der Waals surface area contributed by atoms with Crippen LogP contribution >= 0.6 is 11.6 Å². The lowest BCUT2D eigenvalue weighted by molar-refractivity contribution is 0.0601. The van der Waals surface area contributed by atoms with Crippen molar-refractivity contribution < 1.29 is 9.53 Å². The lowest BCUT2D eigenvalue weighted by Crippen LogP contribution is -2.30. The van der Waals surface area contributed by atoms with Crippen molar-refractivity contribution in [2.45, 2.75) is 26.2 Å². The van der Waals surface area contributed by atoms with E-state index in [4.69, 9.17) is 16.3 Å². The van der Waals surface area contributed by atoms with E-state index >= 15 is 0 Å². The number of halogens is 1. The summed E-state index contributed by atoms with van der Waals surface area (Å²) < 4.78 is 4.76. The molecule has 6 nitrogen and oxygen atoms in total. The molecule has 0 unspecified atom stereocenters. The Morgan fingerprint density at radius 3 is 2.68 bits per heavy atom. The van der Waals surface area contributed by atoms with Gasteiger partial charge in [0.25, 0.3) is 0 Å². The number of ether oxygens (including phenoxy) is 1. The molecule has 1 fully saturated rings. The number of aromatic nitrogens is 2. The van der Waals surface area contributed by atoms with E-state index in [1.807, 2.05) is 13.0 Å². The number of aryl methyl sites for hydroxylation is 1. The van der Waals surface area contributed by atoms with Crippen molar-refractivity contribution in [2.24, 2.45) is 0 Å². The van der Waals surface area contributed by atoms with Crippen LogP contribution in [0.15, 0.2) is 24.3 Å². The second kappa shape index (κ2) is 7.70. The molecule has 0 radical (unpaired) electrons. The first-order valence-corrected chi connectivity index (χ1v) is 8.70. The van der Waals surface area contributed by atoms with Gasteiger partial charge < -0.3 is 15.0 Å². The first kappa shape index (κ1) is 17.5. The molecule has 2 heterocycles. The molecular formula is C18H21ClN4O2. The van der Waals surface area contributed by atoms with Crippen LogP contribution in [0.2, 0.25) is 5.02 Å². The van der Waals surface area contributed by atoms with E-state index in [-0.39, 0.29) is 0 Å². The maximum absolute atomic E-state index is 11.7. The van der Waals surface area contributed by atoms with E-state index in [0.717, 1.165) is 18.9 Å². The predicted octanol–water partition coefficient (Wildman–Crippen LogP) is 3.96. The van der Waals surface area contributed by atoms with Crippen molar-refractivity contribution in [3.05, 3.63) is 40.7 Å². The highest BCUT2D eigenvalue weighted by Gasteiger charge is 2.15. The lowest BCUT2D eigenvalue weighted by Gasteiger charge is -2.28. The van der Waals surface area contributed by atoms with Gasteiger partial charge in [-0.2, -0.15) is 0 Å². The molecule has 0 aliphatic carbocycles. The normalized spacial score (nSPS) is 14.3. The van der Waals surface area contributed by atoms with Gasteiger partial charge in [-0.15, -0.1) is 0 Å². The Morgan fingerprint density at radius 2 is 1.96 bits per heavy atom. The second-order valence-corrected chi connectivity index (χ2v) is 6.42. The summed E-state index contributed by atoms with van der Waals surface area (Å²) in [6.07, 6.45) is 3.62. The monoisotopic (exact) mass is 360 g/mol. The summed E-state index contributed by atoms with van der Waals surface area (Å²) in [5.74, 6) is 1.84. The number of carbonyl (C=O) groups excluding carboxylic acids is 1. The van der Waals surface area contributed by atoms with Crippen molar-refractivity contribution in [2.75, 3.05) is 30.4 Å². The molecule has 0 saturated carbocycles. The Labute approximate surface area is 152 Å². The fourth-order valence-corrected chi connectivity index (χ4v) is 3.07. The van der Waals surface area contributed by atoms with Gasteiger partial charge in [0.2, 0.25) is 0 Å². The standard InChI is InChI=1S/C18H21ClN4O2/c1-12-20-16(11-17(21-12)23-8-4-3-5-9-23)22-15-10-13(18(24)25-2)6-7-14(15)19/h6-7,10-11H,3-5,8-9H2,1-2H3,(H,20,21,22). The highest BCUT2D eigenvalue weighted by atomic mass is 35.5. The average molecular weight is 361 g/mol. The largest absolute Gasteiger partial charge is 0.465 e. The number of methoxy groups -OCH3 is 1. The third kappa shape index (κ3) is 4.20. The maximum Gasteiger partial charge on any atom is 0.337 e. The van der Waals surface area contributed by atoms with Crippen molar-refractivity contribution in [1.82, 2.24) is 9.97 Å². The molecule has 1 N–H and O–H groups in total. The number of piperidine rings is 1. The number of nitrogens with one attached hydrogen (secondary N) is 1. The number of nitrogens with zero attached hydrogens (tertiary/aromatic N) is 3. The quantitative estimate of drug-likeness (QED) is 0.832. The molecule has 7 heteroatoms. The van der Waals surface area contributed by atoms with Crippen LogP contribution in [0.1, 0.15) is 35.4 Å². The molecule has 132 valence electrons. The molecular weight excluding hydrogens is 340 g/mol. The minimum atomic E-state index is -0.410. The Balaban J connectivity index is 1.87. The number of anilines is 3. The van der Waals surface area contributed by atoms with Gasteiger partial charge in [-0.3, -0.25) is 0 Å². The van der Waals surface area contributed by atoms with Crippen LogP contribution in [-0.4, -0.2) is 36.1 Å². The van der Waals surface area contributed by atoms with Crippen LogP contribution in [0.25, 0.3) is 0 Å². The first-order chi connectivity index (χ1) is 12.1. The molecule has 0 bridgehead atoms. The van der Waals surface area contributed by atoms with Gasteiger partial charge in [-0.1, -0.05) is 11.6 Å². The van der Waals surface area contributed by atoms with Gasteiger partial charge in [-0.25, -0.2) is 14.8 Å². The van der Waals surface area contributed by atoms with E-state index in [1.165, 1.54) is 26.4 Å². The molecule has 1 aromatic carbocycles. The molecule has 0 atom stereocenters.